The van der Waals surface area contributed by atoms with Crippen molar-refractivity contribution in [2.75, 3.05) is 37.7 Å². The second-order valence-corrected chi connectivity index (χ2v) is 7.14. The summed E-state index contributed by atoms with van der Waals surface area (Å²) in [5, 5.41) is 3.86. The zero-order valence-corrected chi connectivity index (χ0v) is 14.2. The van der Waals surface area contributed by atoms with E-state index in [1.165, 1.54) is 0 Å². The number of aromatic nitrogens is 2. The lowest BCUT2D eigenvalue weighted by molar-refractivity contribution is -0.105. The van der Waals surface area contributed by atoms with Crippen LogP contribution in [0, 0.1) is 0 Å². The van der Waals surface area contributed by atoms with E-state index in [2.05, 4.69) is 14.9 Å². The van der Waals surface area contributed by atoms with E-state index in [1.54, 1.807) is 29.9 Å². The third kappa shape index (κ3) is 3.01. The average Bonchev–Trinajstić information content (AvgIpc) is 3.17. The molecule has 2 fully saturated rings. The van der Waals surface area contributed by atoms with Gasteiger partial charge in [-0.1, -0.05) is 0 Å². The Morgan fingerprint density at radius 1 is 1.29 bits per heavy atom. The number of amides is 1. The van der Waals surface area contributed by atoms with Gasteiger partial charge in [0.1, 0.15) is 11.4 Å². The SMILES string of the molecule is O=C(c1ccsc1)N1CCO[C@@]2(CCCN(c3cnccn3)C2)C1. The van der Waals surface area contributed by atoms with Crippen molar-refractivity contribution in [1.29, 1.82) is 0 Å². The van der Waals surface area contributed by atoms with Gasteiger partial charge in [-0.2, -0.15) is 11.3 Å². The normalized spacial score (nSPS) is 24.3. The maximum atomic E-state index is 12.7. The van der Waals surface area contributed by atoms with Crippen LogP contribution in [0.2, 0.25) is 0 Å². The van der Waals surface area contributed by atoms with Gasteiger partial charge in [-0.15, -0.1) is 0 Å². The van der Waals surface area contributed by atoms with Crippen LogP contribution in [-0.4, -0.2) is 59.2 Å². The first-order chi connectivity index (χ1) is 11.8. The van der Waals surface area contributed by atoms with E-state index in [1.807, 2.05) is 21.7 Å². The van der Waals surface area contributed by atoms with Gasteiger partial charge in [0, 0.05) is 30.9 Å². The zero-order valence-electron chi connectivity index (χ0n) is 13.4. The van der Waals surface area contributed by atoms with Crippen LogP contribution in [0.4, 0.5) is 5.82 Å². The molecule has 0 aliphatic carbocycles. The number of hydrogen-bond donors (Lipinski definition) is 0. The molecule has 126 valence electrons. The van der Waals surface area contributed by atoms with Gasteiger partial charge < -0.3 is 14.5 Å². The van der Waals surface area contributed by atoms with Crippen LogP contribution in [0.1, 0.15) is 23.2 Å². The smallest absolute Gasteiger partial charge is 0.254 e. The van der Waals surface area contributed by atoms with E-state index in [4.69, 9.17) is 4.74 Å². The highest BCUT2D eigenvalue weighted by Gasteiger charge is 2.42. The molecule has 6 nitrogen and oxygen atoms in total. The van der Waals surface area contributed by atoms with Crippen LogP contribution in [0.15, 0.2) is 35.4 Å². The highest BCUT2D eigenvalue weighted by molar-refractivity contribution is 7.08. The largest absolute Gasteiger partial charge is 0.369 e. The number of thiophene rings is 1. The van der Waals surface area contributed by atoms with Gasteiger partial charge in [0.05, 0.1) is 31.5 Å². The Bertz CT molecular complexity index is 690. The zero-order chi connectivity index (χ0) is 16.4. The fourth-order valence-electron chi connectivity index (χ4n) is 3.58. The molecule has 0 N–H and O–H groups in total. The Morgan fingerprint density at radius 2 is 2.25 bits per heavy atom. The Kier molecular flexibility index (Phi) is 4.20. The van der Waals surface area contributed by atoms with Crippen molar-refractivity contribution in [3.05, 3.63) is 41.0 Å². The summed E-state index contributed by atoms with van der Waals surface area (Å²) in [6.07, 6.45) is 7.18. The predicted molar refractivity (Wildman–Crippen MR) is 92.4 cm³/mol. The summed E-state index contributed by atoms with van der Waals surface area (Å²) in [7, 11) is 0. The molecule has 7 heteroatoms. The molecule has 4 rings (SSSR count). The lowest BCUT2D eigenvalue weighted by atomic mass is 9.90. The number of carbonyl (C=O) groups excluding carboxylic acids is 1. The Hall–Kier alpha value is -1.99. The molecular formula is C17H20N4O2S. The fourth-order valence-corrected chi connectivity index (χ4v) is 4.21. The van der Waals surface area contributed by atoms with E-state index in [0.717, 1.165) is 37.3 Å². The average molecular weight is 344 g/mol. The molecule has 24 heavy (non-hydrogen) atoms. The minimum Gasteiger partial charge on any atom is -0.369 e. The van der Waals surface area contributed by atoms with E-state index in [-0.39, 0.29) is 11.5 Å². The number of piperidine rings is 1. The molecule has 0 unspecified atom stereocenters. The summed E-state index contributed by atoms with van der Waals surface area (Å²) >= 11 is 1.55. The first kappa shape index (κ1) is 15.5. The van der Waals surface area contributed by atoms with Crippen LogP contribution in [0.3, 0.4) is 0 Å². The molecule has 0 saturated carbocycles. The van der Waals surface area contributed by atoms with Crippen molar-refractivity contribution < 1.29 is 9.53 Å². The molecule has 1 atom stereocenters. The highest BCUT2D eigenvalue weighted by Crippen LogP contribution is 2.31. The quantitative estimate of drug-likeness (QED) is 0.834. The lowest BCUT2D eigenvalue weighted by Crippen LogP contribution is -2.61. The molecule has 2 aliphatic rings. The lowest BCUT2D eigenvalue weighted by Gasteiger charge is -2.48. The number of carbonyl (C=O) groups is 1. The monoisotopic (exact) mass is 344 g/mol. The minimum absolute atomic E-state index is 0.107. The second-order valence-electron chi connectivity index (χ2n) is 6.36. The van der Waals surface area contributed by atoms with Crippen molar-refractivity contribution >= 4 is 23.1 Å². The molecule has 0 bridgehead atoms. The van der Waals surface area contributed by atoms with Gasteiger partial charge in [0.15, 0.2) is 0 Å². The van der Waals surface area contributed by atoms with Crippen molar-refractivity contribution in [2.24, 2.45) is 0 Å². The summed E-state index contributed by atoms with van der Waals surface area (Å²) in [5.74, 6) is 0.983. The van der Waals surface area contributed by atoms with Crippen molar-refractivity contribution in [1.82, 2.24) is 14.9 Å². The molecule has 1 spiro atoms. The number of morpholine rings is 1. The first-order valence-corrected chi connectivity index (χ1v) is 9.16. The van der Waals surface area contributed by atoms with Gasteiger partial charge in [-0.05, 0) is 24.3 Å². The molecule has 2 aromatic rings. The molecule has 2 aliphatic heterocycles. The van der Waals surface area contributed by atoms with Crippen LogP contribution in [0.25, 0.3) is 0 Å². The Balaban J connectivity index is 1.50. The topological polar surface area (TPSA) is 58.6 Å². The molecule has 4 heterocycles. The summed E-state index contributed by atoms with van der Waals surface area (Å²) in [6, 6.07) is 1.89. The summed E-state index contributed by atoms with van der Waals surface area (Å²) in [5.41, 5.74) is 0.471. The van der Waals surface area contributed by atoms with Crippen molar-refractivity contribution in [2.45, 2.75) is 18.4 Å². The second kappa shape index (κ2) is 6.49. The summed E-state index contributed by atoms with van der Waals surface area (Å²) in [6.45, 7) is 3.57. The summed E-state index contributed by atoms with van der Waals surface area (Å²) < 4.78 is 6.17. The number of nitrogens with zero attached hydrogens (tertiary/aromatic N) is 4. The molecule has 2 aromatic heterocycles. The van der Waals surface area contributed by atoms with Gasteiger partial charge in [0.2, 0.25) is 0 Å². The van der Waals surface area contributed by atoms with Crippen LogP contribution >= 0.6 is 11.3 Å². The van der Waals surface area contributed by atoms with Gasteiger partial charge >= 0.3 is 0 Å². The maximum absolute atomic E-state index is 12.7. The van der Waals surface area contributed by atoms with E-state index < -0.39 is 0 Å². The van der Waals surface area contributed by atoms with E-state index in [0.29, 0.717) is 19.7 Å². The fraction of sp³-hybridized carbons (Fsp3) is 0.471. The number of ether oxygens (including phenoxy) is 1. The highest BCUT2D eigenvalue weighted by atomic mass is 32.1. The minimum atomic E-state index is -0.306. The first-order valence-electron chi connectivity index (χ1n) is 8.22. The number of hydrogen-bond acceptors (Lipinski definition) is 6. The van der Waals surface area contributed by atoms with Gasteiger partial charge in [0.25, 0.3) is 5.91 Å². The molecule has 1 amide bonds. The van der Waals surface area contributed by atoms with Crippen LogP contribution < -0.4 is 4.90 Å². The molecule has 2 saturated heterocycles. The van der Waals surface area contributed by atoms with Crippen LogP contribution in [0.5, 0.6) is 0 Å². The maximum Gasteiger partial charge on any atom is 0.254 e. The Labute approximate surface area is 145 Å². The predicted octanol–water partition coefficient (Wildman–Crippen LogP) is 2.05. The van der Waals surface area contributed by atoms with Crippen molar-refractivity contribution in [3.63, 3.8) is 0 Å². The van der Waals surface area contributed by atoms with Gasteiger partial charge in [-0.25, -0.2) is 4.98 Å². The molecule has 0 aromatic carbocycles. The standard InChI is InChI=1S/C17H20N4O2S/c22-16(14-2-9-24-11-14)21-7-8-23-17(13-21)3-1-6-20(12-17)15-10-18-4-5-19-15/h2,4-5,9-11H,1,3,6-8,12-13H2/t17-/m1/s1. The number of anilines is 1. The third-order valence-corrected chi connectivity index (χ3v) is 5.40. The van der Waals surface area contributed by atoms with E-state index >= 15 is 0 Å². The van der Waals surface area contributed by atoms with Gasteiger partial charge in [-0.3, -0.25) is 9.78 Å². The molecular weight excluding hydrogens is 324 g/mol. The Morgan fingerprint density at radius 3 is 3.04 bits per heavy atom. The van der Waals surface area contributed by atoms with Crippen molar-refractivity contribution in [3.8, 4) is 0 Å². The summed E-state index contributed by atoms with van der Waals surface area (Å²) in [4.78, 5) is 25.4. The van der Waals surface area contributed by atoms with E-state index in [9.17, 15) is 4.79 Å². The third-order valence-electron chi connectivity index (χ3n) is 4.72. The molecule has 0 radical (unpaired) electrons. The number of rotatable bonds is 2. The van der Waals surface area contributed by atoms with Crippen LogP contribution in [-0.2, 0) is 4.74 Å².